The normalized spacial score (nSPS) is 12.0. The van der Waals surface area contributed by atoms with Crippen molar-refractivity contribution in [3.05, 3.63) is 59.7 Å². The third-order valence-corrected chi connectivity index (χ3v) is 5.36. The first-order chi connectivity index (χ1) is 13.9. The molecule has 0 saturated carbocycles. The zero-order chi connectivity index (χ0) is 21.0. The molecule has 1 aromatic heterocycles. The van der Waals surface area contributed by atoms with Crippen molar-refractivity contribution >= 4 is 23.4 Å². The molecular formula is C21H22F2N4OS. The topological polar surface area (TPSA) is 59.8 Å². The van der Waals surface area contributed by atoms with Crippen molar-refractivity contribution in [2.75, 3.05) is 5.32 Å². The molecule has 0 saturated heterocycles. The Hall–Kier alpha value is -2.74. The predicted molar refractivity (Wildman–Crippen MR) is 111 cm³/mol. The molecule has 1 amide bonds. The molecule has 1 heterocycles. The lowest BCUT2D eigenvalue weighted by Gasteiger charge is -2.14. The Morgan fingerprint density at radius 1 is 1.21 bits per heavy atom. The number of benzene rings is 2. The molecule has 0 radical (unpaired) electrons. The Morgan fingerprint density at radius 3 is 2.72 bits per heavy atom. The highest BCUT2D eigenvalue weighted by Crippen LogP contribution is 2.28. The molecule has 8 heteroatoms. The minimum Gasteiger partial charge on any atom is -0.323 e. The Balaban J connectivity index is 1.80. The minimum atomic E-state index is -0.687. The summed E-state index contributed by atoms with van der Waals surface area (Å²) in [6.45, 7) is 6.45. The molecule has 29 heavy (non-hydrogen) atoms. The van der Waals surface area contributed by atoms with Gasteiger partial charge in [0.2, 0.25) is 5.91 Å². The van der Waals surface area contributed by atoms with E-state index in [-0.39, 0.29) is 5.69 Å². The zero-order valence-electron chi connectivity index (χ0n) is 16.4. The average molecular weight is 416 g/mol. The molecule has 0 spiro atoms. The largest absolute Gasteiger partial charge is 0.323 e. The van der Waals surface area contributed by atoms with E-state index < -0.39 is 22.8 Å². The van der Waals surface area contributed by atoms with E-state index in [0.717, 1.165) is 41.6 Å². The van der Waals surface area contributed by atoms with Gasteiger partial charge in [0.05, 0.1) is 10.9 Å². The number of aromatic nitrogens is 3. The van der Waals surface area contributed by atoms with Crippen molar-refractivity contribution in [2.45, 2.75) is 44.1 Å². The number of rotatable bonds is 7. The van der Waals surface area contributed by atoms with E-state index in [0.29, 0.717) is 11.7 Å². The van der Waals surface area contributed by atoms with E-state index in [1.165, 1.54) is 11.8 Å². The van der Waals surface area contributed by atoms with Crippen LogP contribution in [0, 0.1) is 18.6 Å². The molecule has 2 aromatic carbocycles. The maximum atomic E-state index is 13.8. The number of hydrogen-bond acceptors (Lipinski definition) is 4. The quantitative estimate of drug-likeness (QED) is 0.547. The second-order valence-electron chi connectivity index (χ2n) is 6.70. The van der Waals surface area contributed by atoms with Crippen molar-refractivity contribution in [2.24, 2.45) is 0 Å². The van der Waals surface area contributed by atoms with E-state index >= 15 is 0 Å². The number of thioether (sulfide) groups is 1. The molecule has 0 bridgehead atoms. The summed E-state index contributed by atoms with van der Waals surface area (Å²) >= 11 is 1.23. The van der Waals surface area contributed by atoms with Gasteiger partial charge in [0.1, 0.15) is 11.6 Å². The van der Waals surface area contributed by atoms with Crippen LogP contribution < -0.4 is 5.32 Å². The van der Waals surface area contributed by atoms with E-state index in [9.17, 15) is 13.6 Å². The van der Waals surface area contributed by atoms with Gasteiger partial charge in [-0.25, -0.2) is 8.78 Å². The van der Waals surface area contributed by atoms with Crippen LogP contribution in [0.2, 0.25) is 0 Å². The Labute approximate surface area is 172 Å². The van der Waals surface area contributed by atoms with Crippen molar-refractivity contribution in [1.29, 1.82) is 0 Å². The third kappa shape index (κ3) is 5.00. The standard InChI is InChI=1S/C21H22F2N4OS/c1-4-10-27-19(15-7-5-6-13(2)11-15)25-26-21(27)29-14(3)20(28)24-18-12-16(22)8-9-17(18)23/h5-9,11-12,14H,4,10H2,1-3H3,(H,24,28)/t14-/m0/s1. The van der Waals surface area contributed by atoms with Crippen LogP contribution in [0.4, 0.5) is 14.5 Å². The molecule has 5 nitrogen and oxygen atoms in total. The molecule has 3 aromatic rings. The lowest BCUT2D eigenvalue weighted by molar-refractivity contribution is -0.115. The molecular weight excluding hydrogens is 394 g/mol. The van der Waals surface area contributed by atoms with E-state index in [1.807, 2.05) is 35.8 Å². The number of carbonyl (C=O) groups is 1. The fraction of sp³-hybridized carbons (Fsp3) is 0.286. The van der Waals surface area contributed by atoms with Crippen molar-refractivity contribution in [3.8, 4) is 11.4 Å². The molecule has 0 fully saturated rings. The van der Waals surface area contributed by atoms with Crippen LogP contribution in [0.25, 0.3) is 11.4 Å². The fourth-order valence-electron chi connectivity index (χ4n) is 2.84. The number of amides is 1. The highest BCUT2D eigenvalue weighted by atomic mass is 32.2. The van der Waals surface area contributed by atoms with Gasteiger partial charge in [-0.15, -0.1) is 10.2 Å². The minimum absolute atomic E-state index is 0.182. The first-order valence-corrected chi connectivity index (χ1v) is 10.2. The highest BCUT2D eigenvalue weighted by molar-refractivity contribution is 8.00. The van der Waals surface area contributed by atoms with Gasteiger partial charge >= 0.3 is 0 Å². The Bertz CT molecular complexity index is 1020. The molecule has 152 valence electrons. The van der Waals surface area contributed by atoms with Gasteiger partial charge in [0.15, 0.2) is 11.0 Å². The summed E-state index contributed by atoms with van der Waals surface area (Å²) in [6, 6.07) is 10.9. The molecule has 3 rings (SSSR count). The molecule has 0 aliphatic rings. The van der Waals surface area contributed by atoms with Crippen LogP contribution in [0.3, 0.4) is 0 Å². The lowest BCUT2D eigenvalue weighted by Crippen LogP contribution is -2.23. The smallest absolute Gasteiger partial charge is 0.237 e. The summed E-state index contributed by atoms with van der Waals surface area (Å²) in [5.41, 5.74) is 1.89. The monoisotopic (exact) mass is 416 g/mol. The van der Waals surface area contributed by atoms with Crippen molar-refractivity contribution < 1.29 is 13.6 Å². The van der Waals surface area contributed by atoms with Gasteiger partial charge in [0, 0.05) is 18.2 Å². The highest BCUT2D eigenvalue weighted by Gasteiger charge is 2.21. The maximum Gasteiger partial charge on any atom is 0.237 e. The van der Waals surface area contributed by atoms with Crippen LogP contribution in [-0.4, -0.2) is 25.9 Å². The summed E-state index contributed by atoms with van der Waals surface area (Å²) in [5.74, 6) is -1.01. The molecule has 0 unspecified atom stereocenters. The van der Waals surface area contributed by atoms with Crippen LogP contribution in [0.5, 0.6) is 0 Å². The van der Waals surface area contributed by atoms with Gasteiger partial charge in [0.25, 0.3) is 0 Å². The number of nitrogens with zero attached hydrogens (tertiary/aromatic N) is 3. The Morgan fingerprint density at radius 2 is 2.00 bits per heavy atom. The van der Waals surface area contributed by atoms with Crippen LogP contribution in [0.1, 0.15) is 25.8 Å². The fourth-order valence-corrected chi connectivity index (χ4v) is 3.71. The van der Waals surface area contributed by atoms with Crippen LogP contribution in [0.15, 0.2) is 47.6 Å². The maximum absolute atomic E-state index is 13.8. The van der Waals surface area contributed by atoms with Crippen molar-refractivity contribution in [1.82, 2.24) is 14.8 Å². The number of hydrogen-bond donors (Lipinski definition) is 1. The van der Waals surface area contributed by atoms with E-state index in [4.69, 9.17) is 0 Å². The number of anilines is 1. The van der Waals surface area contributed by atoms with Gasteiger partial charge in [-0.3, -0.25) is 4.79 Å². The van der Waals surface area contributed by atoms with Gasteiger partial charge in [-0.1, -0.05) is 42.4 Å². The number of aryl methyl sites for hydroxylation is 1. The Kier molecular flexibility index (Phi) is 6.64. The van der Waals surface area contributed by atoms with E-state index in [1.54, 1.807) is 6.92 Å². The van der Waals surface area contributed by atoms with Crippen LogP contribution in [-0.2, 0) is 11.3 Å². The summed E-state index contributed by atoms with van der Waals surface area (Å²) in [7, 11) is 0. The molecule has 0 aliphatic carbocycles. The third-order valence-electron chi connectivity index (χ3n) is 4.28. The summed E-state index contributed by atoms with van der Waals surface area (Å²) in [4.78, 5) is 12.5. The predicted octanol–water partition coefficient (Wildman–Crippen LogP) is 5.06. The summed E-state index contributed by atoms with van der Waals surface area (Å²) < 4.78 is 29.1. The van der Waals surface area contributed by atoms with Crippen molar-refractivity contribution in [3.63, 3.8) is 0 Å². The molecule has 1 atom stereocenters. The average Bonchev–Trinajstić information content (AvgIpc) is 3.07. The first kappa shape index (κ1) is 21.0. The van der Waals surface area contributed by atoms with E-state index in [2.05, 4.69) is 22.4 Å². The summed E-state index contributed by atoms with van der Waals surface area (Å²) in [6.07, 6.45) is 0.875. The number of nitrogens with one attached hydrogen (secondary N) is 1. The molecule has 0 aliphatic heterocycles. The van der Waals surface area contributed by atoms with Gasteiger partial charge in [-0.05, 0) is 38.5 Å². The second-order valence-corrected chi connectivity index (χ2v) is 8.01. The SMILES string of the molecule is CCCn1c(S[C@@H](C)C(=O)Nc2cc(F)ccc2F)nnc1-c1cccc(C)c1. The van der Waals surface area contributed by atoms with Gasteiger partial charge < -0.3 is 9.88 Å². The first-order valence-electron chi connectivity index (χ1n) is 9.32. The lowest BCUT2D eigenvalue weighted by atomic mass is 10.1. The zero-order valence-corrected chi connectivity index (χ0v) is 17.3. The number of halogens is 2. The summed E-state index contributed by atoms with van der Waals surface area (Å²) in [5, 5.41) is 11.0. The molecule has 1 N–H and O–H groups in total. The van der Waals surface area contributed by atoms with Crippen LogP contribution >= 0.6 is 11.8 Å². The second kappa shape index (κ2) is 9.17. The number of carbonyl (C=O) groups excluding carboxylic acids is 1. The van der Waals surface area contributed by atoms with Gasteiger partial charge in [-0.2, -0.15) is 0 Å².